The molecule has 1 aromatic heterocycles. The molecule has 3 rings (SSSR count). The van der Waals surface area contributed by atoms with Gasteiger partial charge in [-0.2, -0.15) is 4.98 Å². The summed E-state index contributed by atoms with van der Waals surface area (Å²) in [5.41, 5.74) is 4.68. The second kappa shape index (κ2) is 9.14. The highest BCUT2D eigenvalue weighted by Gasteiger charge is 2.27. The number of benzene rings is 1. The van der Waals surface area contributed by atoms with Gasteiger partial charge in [0, 0.05) is 36.0 Å². The number of carbonyl (C=O) groups excluding carboxylic acids is 1. The van der Waals surface area contributed by atoms with Gasteiger partial charge in [0.25, 0.3) is 0 Å². The van der Waals surface area contributed by atoms with Gasteiger partial charge in [-0.25, -0.2) is 0 Å². The van der Waals surface area contributed by atoms with Crippen molar-refractivity contribution >= 4 is 17.5 Å². The van der Waals surface area contributed by atoms with E-state index in [1.54, 1.807) is 0 Å². The number of nitrogens with zero attached hydrogens (tertiary/aromatic N) is 3. The minimum absolute atomic E-state index is 0.214. The molecule has 0 unspecified atom stereocenters. The third-order valence-corrected chi connectivity index (χ3v) is 5.10. The Morgan fingerprint density at radius 1 is 1.27 bits per heavy atom. The fourth-order valence-corrected chi connectivity index (χ4v) is 3.50. The fourth-order valence-electron chi connectivity index (χ4n) is 3.31. The monoisotopic (exact) mass is 377 g/mol. The number of hydrogen-bond donors (Lipinski definition) is 1. The van der Waals surface area contributed by atoms with Gasteiger partial charge in [0.05, 0.1) is 6.54 Å². The van der Waals surface area contributed by atoms with Crippen LogP contribution >= 0.6 is 11.6 Å². The summed E-state index contributed by atoms with van der Waals surface area (Å²) in [5, 5.41) is 4.73. The Morgan fingerprint density at radius 2 is 2.08 bits per heavy atom. The van der Waals surface area contributed by atoms with Gasteiger partial charge in [0.1, 0.15) is 0 Å². The van der Waals surface area contributed by atoms with Gasteiger partial charge < -0.3 is 15.2 Å². The van der Waals surface area contributed by atoms with Crippen molar-refractivity contribution in [3.05, 3.63) is 35.2 Å². The highest BCUT2D eigenvalue weighted by molar-refractivity contribution is 6.30. The van der Waals surface area contributed by atoms with Crippen molar-refractivity contribution in [2.24, 2.45) is 0 Å². The van der Waals surface area contributed by atoms with Crippen LogP contribution in [0.1, 0.15) is 50.3 Å². The van der Waals surface area contributed by atoms with Crippen LogP contribution in [0.25, 0.3) is 11.4 Å². The van der Waals surface area contributed by atoms with Gasteiger partial charge in [-0.3, -0.25) is 4.79 Å². The lowest BCUT2D eigenvalue weighted by molar-refractivity contribution is -0.368. The van der Waals surface area contributed by atoms with Crippen LogP contribution in [0.4, 0.5) is 0 Å². The van der Waals surface area contributed by atoms with Crippen LogP contribution in [-0.2, 0) is 4.79 Å². The number of piperidine rings is 1. The predicted octanol–water partition coefficient (Wildman–Crippen LogP) is 2.90. The highest BCUT2D eigenvalue weighted by atomic mass is 35.5. The molecule has 7 heteroatoms. The SMILES string of the molecule is [NH3+]CCCCCC(=O)N1CCC(c2nc(-c3cccc(Cl)c3)no2)CC1. The van der Waals surface area contributed by atoms with Crippen molar-refractivity contribution in [2.45, 2.75) is 44.4 Å². The van der Waals surface area contributed by atoms with Crippen molar-refractivity contribution in [3.63, 3.8) is 0 Å². The van der Waals surface area contributed by atoms with Gasteiger partial charge in [0.15, 0.2) is 0 Å². The van der Waals surface area contributed by atoms with E-state index in [9.17, 15) is 4.79 Å². The van der Waals surface area contributed by atoms with Gasteiger partial charge in [-0.05, 0) is 44.2 Å². The van der Waals surface area contributed by atoms with Gasteiger partial charge >= 0.3 is 0 Å². The van der Waals surface area contributed by atoms with E-state index in [-0.39, 0.29) is 11.8 Å². The molecule has 0 atom stereocenters. The van der Waals surface area contributed by atoms with Gasteiger partial charge in [0.2, 0.25) is 17.6 Å². The van der Waals surface area contributed by atoms with Crippen LogP contribution in [0.3, 0.4) is 0 Å². The maximum absolute atomic E-state index is 12.3. The highest BCUT2D eigenvalue weighted by Crippen LogP contribution is 2.29. The van der Waals surface area contributed by atoms with E-state index in [1.165, 1.54) is 0 Å². The van der Waals surface area contributed by atoms with E-state index < -0.39 is 0 Å². The van der Waals surface area contributed by atoms with E-state index in [0.29, 0.717) is 23.2 Å². The lowest BCUT2D eigenvalue weighted by Gasteiger charge is -2.30. The number of quaternary nitrogens is 1. The summed E-state index contributed by atoms with van der Waals surface area (Å²) < 4.78 is 5.47. The minimum atomic E-state index is 0.214. The number of likely N-dealkylation sites (tertiary alicyclic amines) is 1. The molecule has 26 heavy (non-hydrogen) atoms. The maximum atomic E-state index is 12.3. The molecule has 2 aromatic rings. The number of aromatic nitrogens is 2. The van der Waals surface area contributed by atoms with Crippen LogP contribution in [0.2, 0.25) is 5.02 Å². The van der Waals surface area contributed by atoms with E-state index in [2.05, 4.69) is 15.9 Å². The molecule has 0 saturated carbocycles. The van der Waals surface area contributed by atoms with Crippen molar-refractivity contribution in [3.8, 4) is 11.4 Å². The smallest absolute Gasteiger partial charge is 0.230 e. The second-order valence-electron chi connectivity index (χ2n) is 6.79. The molecule has 0 aliphatic carbocycles. The molecule has 1 aliphatic rings. The first kappa shape index (κ1) is 18.9. The first-order valence-corrected chi connectivity index (χ1v) is 9.71. The third-order valence-electron chi connectivity index (χ3n) is 4.86. The average molecular weight is 378 g/mol. The zero-order valence-electron chi connectivity index (χ0n) is 15.0. The Bertz CT molecular complexity index is 726. The number of unbranched alkanes of at least 4 members (excludes halogenated alkanes) is 2. The summed E-state index contributed by atoms with van der Waals surface area (Å²) in [6, 6.07) is 7.43. The Kier molecular flexibility index (Phi) is 6.63. The largest absolute Gasteiger partial charge is 0.358 e. The molecule has 1 aromatic carbocycles. The van der Waals surface area contributed by atoms with E-state index >= 15 is 0 Å². The van der Waals surface area contributed by atoms with E-state index in [1.807, 2.05) is 29.2 Å². The molecule has 0 spiro atoms. The quantitative estimate of drug-likeness (QED) is 0.751. The predicted molar refractivity (Wildman–Crippen MR) is 99.5 cm³/mol. The molecule has 0 bridgehead atoms. The van der Waals surface area contributed by atoms with Crippen molar-refractivity contribution in [2.75, 3.05) is 19.6 Å². The molecule has 1 saturated heterocycles. The van der Waals surface area contributed by atoms with Crippen LogP contribution in [-0.4, -0.2) is 40.6 Å². The molecule has 6 nitrogen and oxygen atoms in total. The Morgan fingerprint density at radius 3 is 2.81 bits per heavy atom. The molecule has 0 radical (unpaired) electrons. The summed E-state index contributed by atoms with van der Waals surface area (Å²) in [6.07, 6.45) is 5.51. The van der Waals surface area contributed by atoms with Crippen molar-refractivity contribution < 1.29 is 15.1 Å². The first-order valence-electron chi connectivity index (χ1n) is 9.34. The summed E-state index contributed by atoms with van der Waals surface area (Å²) >= 11 is 6.02. The molecule has 2 heterocycles. The van der Waals surface area contributed by atoms with Crippen molar-refractivity contribution in [1.82, 2.24) is 15.0 Å². The molecular formula is C19H26ClN4O2+. The third kappa shape index (κ3) is 4.83. The fraction of sp³-hybridized carbons (Fsp3) is 0.526. The Hall–Kier alpha value is -1.92. The minimum Gasteiger partial charge on any atom is -0.358 e. The molecular weight excluding hydrogens is 352 g/mol. The number of hydrogen-bond acceptors (Lipinski definition) is 4. The van der Waals surface area contributed by atoms with Crippen LogP contribution in [0.5, 0.6) is 0 Å². The van der Waals surface area contributed by atoms with Crippen LogP contribution in [0.15, 0.2) is 28.8 Å². The van der Waals surface area contributed by atoms with Crippen molar-refractivity contribution in [1.29, 1.82) is 0 Å². The lowest BCUT2D eigenvalue weighted by atomic mass is 9.96. The average Bonchev–Trinajstić information content (AvgIpc) is 3.15. The maximum Gasteiger partial charge on any atom is 0.230 e. The molecule has 3 N–H and O–H groups in total. The summed E-state index contributed by atoms with van der Waals surface area (Å²) in [4.78, 5) is 18.8. The lowest BCUT2D eigenvalue weighted by Crippen LogP contribution is -2.50. The normalized spacial score (nSPS) is 15.4. The van der Waals surface area contributed by atoms with Crippen LogP contribution in [0, 0.1) is 0 Å². The Balaban J connectivity index is 1.51. The standard InChI is InChI=1S/C19H25ClN4O2/c20-16-6-4-5-15(13-16)18-22-19(26-23-18)14-8-11-24(12-9-14)17(25)7-2-1-3-10-21/h4-6,13-14H,1-3,7-12,21H2/p+1. The topological polar surface area (TPSA) is 86.9 Å². The summed E-state index contributed by atoms with van der Waals surface area (Å²) in [6.45, 7) is 2.46. The molecule has 140 valence electrons. The van der Waals surface area contributed by atoms with Crippen LogP contribution < -0.4 is 5.73 Å². The van der Waals surface area contributed by atoms with E-state index in [4.69, 9.17) is 16.1 Å². The number of halogens is 1. The van der Waals surface area contributed by atoms with Gasteiger partial charge in [-0.1, -0.05) is 28.9 Å². The number of rotatable bonds is 7. The number of amides is 1. The zero-order valence-corrected chi connectivity index (χ0v) is 15.7. The molecule has 1 aliphatic heterocycles. The first-order chi connectivity index (χ1) is 12.7. The summed E-state index contributed by atoms with van der Waals surface area (Å²) in [7, 11) is 0. The zero-order chi connectivity index (χ0) is 18.4. The molecule has 1 fully saturated rings. The summed E-state index contributed by atoms with van der Waals surface area (Å²) in [5.74, 6) is 1.69. The Labute approximate surface area is 158 Å². The second-order valence-corrected chi connectivity index (χ2v) is 7.22. The number of carbonyl (C=O) groups is 1. The van der Waals surface area contributed by atoms with E-state index in [0.717, 1.165) is 57.3 Å². The van der Waals surface area contributed by atoms with Gasteiger partial charge in [-0.15, -0.1) is 0 Å². The molecule has 1 amide bonds.